The number of benzene rings is 1. The van der Waals surface area contributed by atoms with Crippen LogP contribution in [-0.4, -0.2) is 4.98 Å². The molecule has 0 saturated carbocycles. The van der Waals surface area contributed by atoms with Crippen LogP contribution in [0.5, 0.6) is 0 Å². The molecule has 1 heteroatoms. The minimum absolute atomic E-state index is 1.07. The Morgan fingerprint density at radius 2 is 1.67 bits per heavy atom. The number of aryl methyl sites for hydroxylation is 6. The van der Waals surface area contributed by atoms with Crippen LogP contribution >= 0.6 is 0 Å². The van der Waals surface area contributed by atoms with Gasteiger partial charge in [-0.2, -0.15) is 0 Å². The van der Waals surface area contributed by atoms with Crippen molar-refractivity contribution in [3.05, 3.63) is 64.0 Å². The van der Waals surface area contributed by atoms with E-state index in [1.54, 1.807) is 0 Å². The standard InChI is InChI=1S/C17H21N/c1-12-9-17(15(4)18-11-12)8-7-16-6-5-13(2)14(3)10-16/h5-6,9-11H,7-8H2,1-4H3. The summed E-state index contributed by atoms with van der Waals surface area (Å²) in [6.07, 6.45) is 4.10. The lowest BCUT2D eigenvalue weighted by Gasteiger charge is -2.08. The lowest BCUT2D eigenvalue weighted by molar-refractivity contribution is 0.924. The summed E-state index contributed by atoms with van der Waals surface area (Å²) in [6.45, 7) is 8.53. The minimum Gasteiger partial charge on any atom is -0.261 e. The zero-order valence-corrected chi connectivity index (χ0v) is 11.7. The summed E-state index contributed by atoms with van der Waals surface area (Å²) in [7, 11) is 0. The summed E-state index contributed by atoms with van der Waals surface area (Å²) in [5, 5.41) is 0. The number of rotatable bonds is 3. The largest absolute Gasteiger partial charge is 0.261 e. The van der Waals surface area contributed by atoms with E-state index >= 15 is 0 Å². The Labute approximate surface area is 110 Å². The Hall–Kier alpha value is -1.63. The second-order valence-corrected chi connectivity index (χ2v) is 5.18. The third-order valence-electron chi connectivity index (χ3n) is 3.58. The summed E-state index contributed by atoms with van der Waals surface area (Å²) >= 11 is 0. The summed E-state index contributed by atoms with van der Waals surface area (Å²) in [5.41, 5.74) is 7.94. The number of hydrogen-bond acceptors (Lipinski definition) is 1. The number of pyridine rings is 1. The Morgan fingerprint density at radius 1 is 0.889 bits per heavy atom. The van der Waals surface area contributed by atoms with Crippen LogP contribution in [0.25, 0.3) is 0 Å². The van der Waals surface area contributed by atoms with E-state index < -0.39 is 0 Å². The first-order valence-corrected chi connectivity index (χ1v) is 6.54. The quantitative estimate of drug-likeness (QED) is 0.785. The van der Waals surface area contributed by atoms with Gasteiger partial charge >= 0.3 is 0 Å². The minimum atomic E-state index is 1.07. The van der Waals surface area contributed by atoms with E-state index in [4.69, 9.17) is 0 Å². The predicted molar refractivity (Wildman–Crippen MR) is 77.0 cm³/mol. The molecule has 1 nitrogen and oxygen atoms in total. The van der Waals surface area contributed by atoms with Gasteiger partial charge in [-0.15, -0.1) is 0 Å². The molecule has 0 aliphatic carbocycles. The summed E-state index contributed by atoms with van der Waals surface area (Å²) in [6, 6.07) is 9.00. The highest BCUT2D eigenvalue weighted by Crippen LogP contribution is 2.14. The Balaban J connectivity index is 2.11. The van der Waals surface area contributed by atoms with Crippen molar-refractivity contribution in [3.8, 4) is 0 Å². The Morgan fingerprint density at radius 3 is 2.39 bits per heavy atom. The second-order valence-electron chi connectivity index (χ2n) is 5.18. The Kier molecular flexibility index (Phi) is 3.81. The van der Waals surface area contributed by atoms with Crippen LogP contribution in [-0.2, 0) is 12.8 Å². The van der Waals surface area contributed by atoms with Gasteiger partial charge in [-0.1, -0.05) is 24.3 Å². The van der Waals surface area contributed by atoms with Gasteiger partial charge in [0.15, 0.2) is 0 Å². The van der Waals surface area contributed by atoms with E-state index in [0.29, 0.717) is 0 Å². The third kappa shape index (κ3) is 2.98. The lowest BCUT2D eigenvalue weighted by atomic mass is 9.99. The van der Waals surface area contributed by atoms with E-state index in [-0.39, 0.29) is 0 Å². The van der Waals surface area contributed by atoms with Gasteiger partial charge in [0.2, 0.25) is 0 Å². The highest BCUT2D eigenvalue weighted by molar-refractivity contribution is 5.31. The fourth-order valence-electron chi connectivity index (χ4n) is 2.19. The molecule has 2 aromatic rings. The van der Waals surface area contributed by atoms with Gasteiger partial charge in [-0.05, 0) is 68.4 Å². The van der Waals surface area contributed by atoms with Crippen LogP contribution in [0.3, 0.4) is 0 Å². The molecule has 0 fully saturated rings. The van der Waals surface area contributed by atoms with E-state index in [0.717, 1.165) is 18.5 Å². The fourth-order valence-corrected chi connectivity index (χ4v) is 2.19. The highest BCUT2D eigenvalue weighted by Gasteiger charge is 2.02. The average molecular weight is 239 g/mol. The van der Waals surface area contributed by atoms with Crippen LogP contribution in [0.2, 0.25) is 0 Å². The van der Waals surface area contributed by atoms with E-state index in [2.05, 4.69) is 56.9 Å². The molecule has 1 aromatic carbocycles. The molecule has 94 valence electrons. The maximum Gasteiger partial charge on any atom is 0.0404 e. The van der Waals surface area contributed by atoms with Gasteiger partial charge < -0.3 is 0 Å². The molecule has 0 aliphatic heterocycles. The maximum absolute atomic E-state index is 4.42. The maximum atomic E-state index is 4.42. The molecule has 0 bridgehead atoms. The summed E-state index contributed by atoms with van der Waals surface area (Å²) in [4.78, 5) is 4.42. The van der Waals surface area contributed by atoms with Crippen LogP contribution < -0.4 is 0 Å². The van der Waals surface area contributed by atoms with Crippen molar-refractivity contribution >= 4 is 0 Å². The molecule has 0 saturated heterocycles. The van der Waals surface area contributed by atoms with Gasteiger partial charge in [0.25, 0.3) is 0 Å². The molecule has 1 heterocycles. The zero-order valence-electron chi connectivity index (χ0n) is 11.7. The molecular formula is C17H21N. The zero-order chi connectivity index (χ0) is 13.1. The predicted octanol–water partition coefficient (Wildman–Crippen LogP) is 4.10. The van der Waals surface area contributed by atoms with Crippen molar-refractivity contribution in [2.24, 2.45) is 0 Å². The van der Waals surface area contributed by atoms with E-state index in [1.807, 2.05) is 6.20 Å². The van der Waals surface area contributed by atoms with Crippen molar-refractivity contribution in [2.75, 3.05) is 0 Å². The molecule has 0 N–H and O–H groups in total. The van der Waals surface area contributed by atoms with Crippen LogP contribution in [0.4, 0.5) is 0 Å². The molecule has 0 unspecified atom stereocenters. The monoisotopic (exact) mass is 239 g/mol. The first-order chi connectivity index (χ1) is 8.56. The topological polar surface area (TPSA) is 12.9 Å². The van der Waals surface area contributed by atoms with Gasteiger partial charge in [0, 0.05) is 11.9 Å². The number of nitrogens with zero attached hydrogens (tertiary/aromatic N) is 1. The van der Waals surface area contributed by atoms with Gasteiger partial charge in [0.1, 0.15) is 0 Å². The van der Waals surface area contributed by atoms with E-state index in [9.17, 15) is 0 Å². The van der Waals surface area contributed by atoms with Crippen LogP contribution in [0.1, 0.15) is 33.5 Å². The third-order valence-corrected chi connectivity index (χ3v) is 3.58. The molecule has 0 amide bonds. The normalized spacial score (nSPS) is 10.7. The molecule has 2 rings (SSSR count). The van der Waals surface area contributed by atoms with Crippen LogP contribution in [0.15, 0.2) is 30.5 Å². The van der Waals surface area contributed by atoms with Gasteiger partial charge in [-0.3, -0.25) is 4.98 Å². The first kappa shape index (κ1) is 12.8. The first-order valence-electron chi connectivity index (χ1n) is 6.54. The van der Waals surface area contributed by atoms with E-state index in [1.165, 1.54) is 27.8 Å². The second kappa shape index (κ2) is 5.34. The SMILES string of the molecule is Cc1cnc(C)c(CCc2ccc(C)c(C)c2)c1. The Bertz CT molecular complexity index is 556. The molecule has 0 spiro atoms. The lowest BCUT2D eigenvalue weighted by Crippen LogP contribution is -1.98. The summed E-state index contributed by atoms with van der Waals surface area (Å²) < 4.78 is 0. The summed E-state index contributed by atoms with van der Waals surface area (Å²) in [5.74, 6) is 0. The van der Waals surface area contributed by atoms with Crippen molar-refractivity contribution in [3.63, 3.8) is 0 Å². The van der Waals surface area contributed by atoms with Crippen molar-refractivity contribution < 1.29 is 0 Å². The van der Waals surface area contributed by atoms with Crippen molar-refractivity contribution in [2.45, 2.75) is 40.5 Å². The number of hydrogen-bond donors (Lipinski definition) is 0. The van der Waals surface area contributed by atoms with Gasteiger partial charge in [-0.25, -0.2) is 0 Å². The van der Waals surface area contributed by atoms with Crippen molar-refractivity contribution in [1.29, 1.82) is 0 Å². The van der Waals surface area contributed by atoms with Crippen LogP contribution in [0, 0.1) is 27.7 Å². The molecule has 0 atom stereocenters. The van der Waals surface area contributed by atoms with Crippen molar-refractivity contribution in [1.82, 2.24) is 4.98 Å². The highest BCUT2D eigenvalue weighted by atomic mass is 14.7. The average Bonchev–Trinajstić information content (AvgIpc) is 2.34. The molecule has 18 heavy (non-hydrogen) atoms. The fraction of sp³-hybridized carbons (Fsp3) is 0.353. The number of aromatic nitrogens is 1. The molecular weight excluding hydrogens is 218 g/mol. The van der Waals surface area contributed by atoms with Gasteiger partial charge in [0.05, 0.1) is 0 Å². The molecule has 0 aliphatic rings. The molecule has 1 aromatic heterocycles. The smallest absolute Gasteiger partial charge is 0.0404 e. The molecule has 0 radical (unpaired) electrons.